The predicted octanol–water partition coefficient (Wildman–Crippen LogP) is 7.21. The van der Waals surface area contributed by atoms with Crippen LogP contribution >= 0.6 is 0 Å². The normalized spacial score (nSPS) is 12.9. The van der Waals surface area contributed by atoms with Crippen molar-refractivity contribution in [3.8, 4) is 11.5 Å². The molecular formula is C33H35N3O5Si. The summed E-state index contributed by atoms with van der Waals surface area (Å²) in [6.45, 7) is 6.43. The van der Waals surface area contributed by atoms with Gasteiger partial charge in [0.2, 0.25) is 0 Å². The quantitative estimate of drug-likeness (QED) is 0.0465. The van der Waals surface area contributed by atoms with Crippen LogP contribution in [-0.4, -0.2) is 34.3 Å². The van der Waals surface area contributed by atoms with Gasteiger partial charge < -0.3 is 18.6 Å². The SMILES string of the molecule is COc1ccc([C@@H](N=[N+]=[N-])[C@H](CO[Si](c2ccccc2)(c2ccccc2)C(C)(C)C)OC(=O)Oc2ccccc2)cc1. The average molecular weight is 582 g/mol. The lowest BCUT2D eigenvalue weighted by molar-refractivity contribution is 0.0204. The molecule has 4 aromatic carbocycles. The Hall–Kier alpha value is -4.56. The summed E-state index contributed by atoms with van der Waals surface area (Å²) in [5.41, 5.74) is 10.2. The fraction of sp³-hybridized carbons (Fsp3) is 0.242. The topological polar surface area (TPSA) is 103 Å². The highest BCUT2D eigenvalue weighted by molar-refractivity contribution is 6.99. The van der Waals surface area contributed by atoms with Crippen molar-refractivity contribution in [2.24, 2.45) is 5.11 Å². The summed E-state index contributed by atoms with van der Waals surface area (Å²) in [5, 5.41) is 5.88. The van der Waals surface area contributed by atoms with Gasteiger partial charge in [0.15, 0.2) is 0 Å². The second kappa shape index (κ2) is 13.9. The highest BCUT2D eigenvalue weighted by Gasteiger charge is 2.51. The van der Waals surface area contributed by atoms with E-state index in [4.69, 9.17) is 18.6 Å². The Morgan fingerprint density at radius 2 is 1.33 bits per heavy atom. The van der Waals surface area contributed by atoms with Crippen LogP contribution in [0.4, 0.5) is 4.79 Å². The van der Waals surface area contributed by atoms with Crippen molar-refractivity contribution in [1.29, 1.82) is 0 Å². The van der Waals surface area contributed by atoms with Crippen LogP contribution in [-0.2, 0) is 9.16 Å². The highest BCUT2D eigenvalue weighted by Crippen LogP contribution is 2.38. The van der Waals surface area contributed by atoms with Crippen molar-refractivity contribution >= 4 is 24.8 Å². The minimum Gasteiger partial charge on any atom is -0.497 e. The second-order valence-corrected chi connectivity index (χ2v) is 15.0. The Labute approximate surface area is 247 Å². The maximum absolute atomic E-state index is 13.1. The molecule has 9 heteroatoms. The van der Waals surface area contributed by atoms with Crippen molar-refractivity contribution < 1.29 is 23.4 Å². The number of hydrogen-bond acceptors (Lipinski definition) is 6. The Balaban J connectivity index is 1.77. The van der Waals surface area contributed by atoms with Crippen molar-refractivity contribution in [2.75, 3.05) is 13.7 Å². The van der Waals surface area contributed by atoms with Crippen molar-refractivity contribution in [3.05, 3.63) is 131 Å². The van der Waals surface area contributed by atoms with Crippen LogP contribution in [0, 0.1) is 0 Å². The number of para-hydroxylation sites is 1. The largest absolute Gasteiger partial charge is 0.514 e. The molecule has 0 saturated heterocycles. The predicted molar refractivity (Wildman–Crippen MR) is 166 cm³/mol. The van der Waals surface area contributed by atoms with Crippen molar-refractivity contribution in [3.63, 3.8) is 0 Å². The summed E-state index contributed by atoms with van der Waals surface area (Å²) in [6, 6.07) is 35.1. The van der Waals surface area contributed by atoms with E-state index in [0.717, 1.165) is 10.4 Å². The lowest BCUT2D eigenvalue weighted by Gasteiger charge is -2.43. The molecule has 0 fully saturated rings. The van der Waals surface area contributed by atoms with Gasteiger partial charge in [-0.2, -0.15) is 0 Å². The Morgan fingerprint density at radius 3 is 1.81 bits per heavy atom. The monoisotopic (exact) mass is 581 g/mol. The van der Waals surface area contributed by atoms with Gasteiger partial charge in [0.05, 0.1) is 13.7 Å². The molecule has 0 aliphatic rings. The zero-order valence-corrected chi connectivity index (χ0v) is 25.2. The van der Waals surface area contributed by atoms with E-state index in [-0.39, 0.29) is 11.6 Å². The van der Waals surface area contributed by atoms with E-state index in [1.54, 1.807) is 55.6 Å². The average Bonchev–Trinajstić information content (AvgIpc) is 3.00. The minimum atomic E-state index is -3.01. The van der Waals surface area contributed by atoms with Gasteiger partial charge in [0.25, 0.3) is 8.32 Å². The Kier molecular flexibility index (Phi) is 10.0. The highest BCUT2D eigenvalue weighted by atomic mass is 28.4. The van der Waals surface area contributed by atoms with Gasteiger partial charge in [-0.25, -0.2) is 4.79 Å². The molecule has 0 aromatic heterocycles. The Morgan fingerprint density at radius 1 is 0.810 bits per heavy atom. The van der Waals surface area contributed by atoms with E-state index < -0.39 is 26.6 Å². The van der Waals surface area contributed by atoms with Crippen LogP contribution in [0.2, 0.25) is 5.04 Å². The van der Waals surface area contributed by atoms with E-state index in [2.05, 4.69) is 55.1 Å². The van der Waals surface area contributed by atoms with Crippen molar-refractivity contribution in [2.45, 2.75) is 38.0 Å². The smallest absolute Gasteiger partial charge is 0.497 e. The fourth-order valence-electron chi connectivity index (χ4n) is 5.10. The number of methoxy groups -OCH3 is 1. The molecule has 4 rings (SSSR count). The van der Waals surface area contributed by atoms with Crippen molar-refractivity contribution in [1.82, 2.24) is 0 Å². The number of rotatable bonds is 11. The van der Waals surface area contributed by atoms with Gasteiger partial charge in [-0.15, -0.1) is 0 Å². The van der Waals surface area contributed by atoms with E-state index in [9.17, 15) is 10.3 Å². The Bertz CT molecular complexity index is 1430. The number of azide groups is 1. The van der Waals surface area contributed by atoms with Gasteiger partial charge in [0.1, 0.15) is 23.6 Å². The molecule has 216 valence electrons. The number of carbonyl (C=O) groups excluding carboxylic acids is 1. The molecule has 0 unspecified atom stereocenters. The first-order valence-electron chi connectivity index (χ1n) is 13.6. The second-order valence-electron chi connectivity index (χ2n) is 10.7. The molecule has 4 aromatic rings. The number of ether oxygens (including phenoxy) is 3. The molecule has 0 N–H and O–H groups in total. The lowest BCUT2D eigenvalue weighted by atomic mass is 10.0. The maximum Gasteiger partial charge on any atom is 0.514 e. The van der Waals surface area contributed by atoms with E-state index in [0.29, 0.717) is 17.1 Å². The van der Waals surface area contributed by atoms with E-state index >= 15 is 0 Å². The molecule has 0 amide bonds. The molecule has 42 heavy (non-hydrogen) atoms. The van der Waals surface area contributed by atoms with Gasteiger partial charge >= 0.3 is 6.16 Å². The molecule has 0 saturated carbocycles. The summed E-state index contributed by atoms with van der Waals surface area (Å²) in [4.78, 5) is 16.2. The zero-order valence-electron chi connectivity index (χ0n) is 24.2. The first-order valence-corrected chi connectivity index (χ1v) is 15.6. The van der Waals surface area contributed by atoms with Gasteiger partial charge in [-0.3, -0.25) is 0 Å². The van der Waals surface area contributed by atoms with Crippen LogP contribution in [0.3, 0.4) is 0 Å². The zero-order chi connectivity index (χ0) is 30.0. The molecule has 8 nitrogen and oxygen atoms in total. The molecule has 0 bridgehead atoms. The molecule has 0 heterocycles. The standard InChI is InChI=1S/C33H35N3O5Si/c1-33(2,3)42(28-16-10-6-11-17-28,29-18-12-7-13-19-29)39-24-30(41-32(37)40-27-14-8-5-9-15-27)31(35-36-34)25-20-22-26(38-4)23-21-25/h5-23,30-31H,24H2,1-4H3/t30-,31+/m0/s1. The van der Waals surface area contributed by atoms with Crippen LogP contribution in [0.25, 0.3) is 10.4 Å². The number of nitrogens with zero attached hydrogens (tertiary/aromatic N) is 3. The minimum absolute atomic E-state index is 0.0487. The summed E-state index contributed by atoms with van der Waals surface area (Å²) >= 11 is 0. The van der Waals surface area contributed by atoms with Crippen LogP contribution in [0.1, 0.15) is 32.4 Å². The van der Waals surface area contributed by atoms with Crippen LogP contribution in [0.15, 0.2) is 120 Å². The first kappa shape index (κ1) is 30.4. The third kappa shape index (κ3) is 7.01. The number of benzene rings is 4. The van der Waals surface area contributed by atoms with Gasteiger partial charge in [0, 0.05) is 4.91 Å². The van der Waals surface area contributed by atoms with Crippen LogP contribution in [0.5, 0.6) is 11.5 Å². The molecule has 0 aliphatic heterocycles. The van der Waals surface area contributed by atoms with E-state index in [1.807, 2.05) is 42.5 Å². The molecule has 0 spiro atoms. The van der Waals surface area contributed by atoms with Gasteiger partial charge in [-0.05, 0) is 50.8 Å². The number of carbonyl (C=O) groups is 1. The summed E-state index contributed by atoms with van der Waals surface area (Å²) in [5.74, 6) is 0.974. The first-order chi connectivity index (χ1) is 20.3. The molecular weight excluding hydrogens is 546 g/mol. The molecule has 0 aliphatic carbocycles. The maximum atomic E-state index is 13.1. The number of hydrogen-bond donors (Lipinski definition) is 0. The third-order valence-corrected chi connectivity index (χ3v) is 12.1. The summed E-state index contributed by atoms with van der Waals surface area (Å²) in [7, 11) is -1.44. The summed E-state index contributed by atoms with van der Waals surface area (Å²) < 4.78 is 23.7. The van der Waals surface area contributed by atoms with Gasteiger partial charge in [-0.1, -0.05) is 117 Å². The summed E-state index contributed by atoms with van der Waals surface area (Å²) in [6.07, 6.45) is -1.93. The lowest BCUT2D eigenvalue weighted by Crippen LogP contribution is -2.67. The van der Waals surface area contributed by atoms with Crippen LogP contribution < -0.4 is 19.8 Å². The third-order valence-electron chi connectivity index (χ3n) is 7.06. The fourth-order valence-corrected chi connectivity index (χ4v) is 9.67. The van der Waals surface area contributed by atoms with E-state index in [1.165, 1.54) is 0 Å². The molecule has 2 atom stereocenters. The molecule has 0 radical (unpaired) electrons.